The van der Waals surface area contributed by atoms with Crippen LogP contribution >= 0.6 is 15.9 Å². The fourth-order valence-electron chi connectivity index (χ4n) is 2.08. The number of benzene rings is 1. The number of rotatable bonds is 3. The molecule has 0 aromatic heterocycles. The van der Waals surface area contributed by atoms with Crippen molar-refractivity contribution in [3.63, 3.8) is 0 Å². The molecular formula is C14H15BrN2O2. The van der Waals surface area contributed by atoms with Crippen molar-refractivity contribution in [1.29, 1.82) is 0 Å². The van der Waals surface area contributed by atoms with Gasteiger partial charge in [0.1, 0.15) is 0 Å². The fourth-order valence-corrected chi connectivity index (χ4v) is 2.49. The molecule has 0 aliphatic carbocycles. The summed E-state index contributed by atoms with van der Waals surface area (Å²) in [5, 5.41) is 0. The molecule has 1 aromatic rings. The van der Waals surface area contributed by atoms with Crippen LogP contribution in [0.3, 0.4) is 0 Å². The van der Waals surface area contributed by atoms with Gasteiger partial charge in [-0.15, -0.1) is 0 Å². The largest absolute Gasteiger partial charge is 0.369 e. The van der Waals surface area contributed by atoms with Crippen LogP contribution in [-0.2, 0) is 9.59 Å². The van der Waals surface area contributed by atoms with Gasteiger partial charge in [-0.1, -0.05) is 28.1 Å². The Bertz CT molecular complexity index is 528. The second kappa shape index (κ2) is 6.02. The molecule has 1 fully saturated rings. The summed E-state index contributed by atoms with van der Waals surface area (Å²) < 4.78 is 0.970. The Morgan fingerprint density at radius 2 is 2.21 bits per heavy atom. The Labute approximate surface area is 120 Å². The molecule has 1 saturated heterocycles. The van der Waals surface area contributed by atoms with E-state index < -0.39 is 0 Å². The van der Waals surface area contributed by atoms with E-state index in [4.69, 9.17) is 5.73 Å². The number of carbonyl (C=O) groups excluding carboxylic acids is 2. The van der Waals surface area contributed by atoms with E-state index in [9.17, 15) is 9.59 Å². The molecule has 1 unspecified atom stereocenters. The minimum Gasteiger partial charge on any atom is -0.369 e. The highest BCUT2D eigenvalue weighted by Crippen LogP contribution is 2.17. The zero-order valence-corrected chi connectivity index (χ0v) is 12.0. The summed E-state index contributed by atoms with van der Waals surface area (Å²) in [4.78, 5) is 24.7. The van der Waals surface area contributed by atoms with Crippen molar-refractivity contribution >= 4 is 33.8 Å². The van der Waals surface area contributed by atoms with E-state index in [0.717, 1.165) is 10.0 Å². The molecule has 2 amide bonds. The molecule has 2 rings (SSSR count). The predicted octanol–water partition coefficient (Wildman–Crippen LogP) is 1.80. The van der Waals surface area contributed by atoms with Crippen LogP contribution < -0.4 is 5.73 Å². The van der Waals surface area contributed by atoms with Crippen LogP contribution in [0.2, 0.25) is 0 Å². The van der Waals surface area contributed by atoms with E-state index in [0.29, 0.717) is 19.5 Å². The topological polar surface area (TPSA) is 63.4 Å². The molecule has 0 bridgehead atoms. The monoisotopic (exact) mass is 322 g/mol. The molecule has 1 aromatic carbocycles. The van der Waals surface area contributed by atoms with Gasteiger partial charge in [-0.3, -0.25) is 9.59 Å². The first-order valence-electron chi connectivity index (χ1n) is 6.08. The molecule has 0 saturated carbocycles. The Morgan fingerprint density at radius 3 is 2.84 bits per heavy atom. The highest BCUT2D eigenvalue weighted by Gasteiger charge is 2.28. The van der Waals surface area contributed by atoms with Crippen molar-refractivity contribution in [3.8, 4) is 0 Å². The number of nitrogens with two attached hydrogens (primary N) is 1. The van der Waals surface area contributed by atoms with E-state index >= 15 is 0 Å². The van der Waals surface area contributed by atoms with Gasteiger partial charge in [0, 0.05) is 23.6 Å². The van der Waals surface area contributed by atoms with Crippen LogP contribution in [0.1, 0.15) is 12.0 Å². The van der Waals surface area contributed by atoms with Gasteiger partial charge in [0.15, 0.2) is 0 Å². The van der Waals surface area contributed by atoms with E-state index in [2.05, 4.69) is 15.9 Å². The van der Waals surface area contributed by atoms with Crippen LogP contribution in [0.25, 0.3) is 6.08 Å². The lowest BCUT2D eigenvalue weighted by Gasteiger charge is -2.13. The van der Waals surface area contributed by atoms with E-state index in [1.165, 1.54) is 6.08 Å². The lowest BCUT2D eigenvalue weighted by atomic mass is 10.1. The zero-order chi connectivity index (χ0) is 13.8. The van der Waals surface area contributed by atoms with E-state index in [-0.39, 0.29) is 17.7 Å². The number of hydrogen-bond donors (Lipinski definition) is 1. The van der Waals surface area contributed by atoms with Gasteiger partial charge in [0.25, 0.3) is 0 Å². The van der Waals surface area contributed by atoms with Crippen molar-refractivity contribution in [3.05, 3.63) is 40.4 Å². The molecular weight excluding hydrogens is 308 g/mol. The molecule has 2 N–H and O–H groups in total. The Hall–Kier alpha value is -1.62. The number of carbonyl (C=O) groups is 2. The SMILES string of the molecule is NC(=O)C1CCN(C(=O)/C=C/c2cccc(Br)c2)C1. The Kier molecular flexibility index (Phi) is 4.37. The van der Waals surface area contributed by atoms with Crippen LogP contribution in [0, 0.1) is 5.92 Å². The van der Waals surface area contributed by atoms with Crippen molar-refractivity contribution in [2.24, 2.45) is 11.7 Å². The van der Waals surface area contributed by atoms with Crippen LogP contribution in [0.15, 0.2) is 34.8 Å². The molecule has 1 aliphatic heterocycles. The lowest BCUT2D eigenvalue weighted by molar-refractivity contribution is -0.125. The van der Waals surface area contributed by atoms with Crippen molar-refractivity contribution in [2.75, 3.05) is 13.1 Å². The summed E-state index contributed by atoms with van der Waals surface area (Å²) in [7, 11) is 0. The number of likely N-dealkylation sites (tertiary alicyclic amines) is 1. The second-order valence-corrected chi connectivity index (χ2v) is 5.48. The summed E-state index contributed by atoms with van der Waals surface area (Å²) in [6, 6.07) is 7.69. The molecule has 1 atom stereocenters. The van der Waals surface area contributed by atoms with Crippen molar-refractivity contribution < 1.29 is 9.59 Å². The molecule has 1 aliphatic rings. The number of halogens is 1. The molecule has 1 heterocycles. The van der Waals surface area contributed by atoms with E-state index in [1.54, 1.807) is 11.0 Å². The molecule has 19 heavy (non-hydrogen) atoms. The number of hydrogen-bond acceptors (Lipinski definition) is 2. The molecule has 0 spiro atoms. The number of amides is 2. The number of nitrogens with zero attached hydrogens (tertiary/aromatic N) is 1. The molecule has 0 radical (unpaired) electrons. The maximum absolute atomic E-state index is 11.9. The highest BCUT2D eigenvalue weighted by molar-refractivity contribution is 9.10. The average molecular weight is 323 g/mol. The minimum atomic E-state index is -0.328. The molecule has 5 heteroatoms. The third-order valence-electron chi connectivity index (χ3n) is 3.17. The molecule has 4 nitrogen and oxygen atoms in total. The molecule has 100 valence electrons. The van der Waals surface area contributed by atoms with Gasteiger partial charge in [-0.05, 0) is 30.2 Å². The first-order chi connectivity index (χ1) is 9.06. The van der Waals surface area contributed by atoms with Crippen molar-refractivity contribution in [1.82, 2.24) is 4.90 Å². The first-order valence-corrected chi connectivity index (χ1v) is 6.87. The predicted molar refractivity (Wildman–Crippen MR) is 77.1 cm³/mol. The second-order valence-electron chi connectivity index (χ2n) is 4.56. The Balaban J connectivity index is 1.96. The first kappa shape index (κ1) is 13.8. The van der Waals surface area contributed by atoms with Gasteiger partial charge in [-0.25, -0.2) is 0 Å². The normalized spacial score (nSPS) is 19.0. The summed E-state index contributed by atoms with van der Waals surface area (Å²) >= 11 is 3.38. The average Bonchev–Trinajstić information content (AvgIpc) is 2.86. The van der Waals surface area contributed by atoms with Crippen LogP contribution in [-0.4, -0.2) is 29.8 Å². The smallest absolute Gasteiger partial charge is 0.246 e. The van der Waals surface area contributed by atoms with Gasteiger partial charge in [-0.2, -0.15) is 0 Å². The zero-order valence-electron chi connectivity index (χ0n) is 10.4. The maximum Gasteiger partial charge on any atom is 0.246 e. The third-order valence-corrected chi connectivity index (χ3v) is 3.66. The summed E-state index contributed by atoms with van der Waals surface area (Å²) in [5.41, 5.74) is 6.19. The Morgan fingerprint density at radius 1 is 1.42 bits per heavy atom. The van der Waals surface area contributed by atoms with Gasteiger partial charge < -0.3 is 10.6 Å². The van der Waals surface area contributed by atoms with Gasteiger partial charge in [0.2, 0.25) is 11.8 Å². The van der Waals surface area contributed by atoms with E-state index in [1.807, 2.05) is 24.3 Å². The third kappa shape index (κ3) is 3.67. The highest BCUT2D eigenvalue weighted by atomic mass is 79.9. The summed E-state index contributed by atoms with van der Waals surface area (Å²) in [6.07, 6.45) is 3.96. The van der Waals surface area contributed by atoms with Crippen LogP contribution in [0.5, 0.6) is 0 Å². The van der Waals surface area contributed by atoms with Gasteiger partial charge in [0.05, 0.1) is 5.92 Å². The van der Waals surface area contributed by atoms with Crippen LogP contribution in [0.4, 0.5) is 0 Å². The maximum atomic E-state index is 11.9. The standard InChI is InChI=1S/C14H15BrN2O2/c15-12-3-1-2-10(8-12)4-5-13(18)17-7-6-11(9-17)14(16)19/h1-5,8,11H,6-7,9H2,(H2,16,19)/b5-4+. The summed E-state index contributed by atoms with van der Waals surface area (Å²) in [6.45, 7) is 1.02. The minimum absolute atomic E-state index is 0.0799. The lowest BCUT2D eigenvalue weighted by Crippen LogP contribution is -2.30. The number of primary amides is 1. The van der Waals surface area contributed by atoms with Crippen molar-refractivity contribution in [2.45, 2.75) is 6.42 Å². The fraction of sp³-hybridized carbons (Fsp3) is 0.286. The van der Waals surface area contributed by atoms with Gasteiger partial charge >= 0.3 is 0 Å². The summed E-state index contributed by atoms with van der Waals surface area (Å²) in [5.74, 6) is -0.613. The quantitative estimate of drug-likeness (QED) is 0.862.